The Kier molecular flexibility index (Phi) is 6.57. The molecule has 0 saturated heterocycles. The summed E-state index contributed by atoms with van der Waals surface area (Å²) in [7, 11) is 0. The number of hydrogen-bond acceptors (Lipinski definition) is 8. The summed E-state index contributed by atoms with van der Waals surface area (Å²) in [6.45, 7) is -2.84. The van der Waals surface area contributed by atoms with E-state index in [9.17, 15) is 65.4 Å². The molecule has 18 heteroatoms. The third kappa shape index (κ3) is 4.27. The van der Waals surface area contributed by atoms with Crippen LogP contribution in [0, 0.1) is 20.2 Å². The lowest BCUT2D eigenvalue weighted by Gasteiger charge is -2.31. The molecule has 1 aliphatic carbocycles. The Balaban J connectivity index is 2.09. The Morgan fingerprint density at radius 2 is 1.51 bits per heavy atom. The quantitative estimate of drug-likeness (QED) is 0.138. The number of esters is 1. The van der Waals surface area contributed by atoms with Crippen LogP contribution in [-0.4, -0.2) is 57.5 Å². The Morgan fingerprint density at radius 1 is 0.946 bits per heavy atom. The summed E-state index contributed by atoms with van der Waals surface area (Å²) in [5.74, 6) is -21.2. The van der Waals surface area contributed by atoms with Gasteiger partial charge in [-0.25, -0.2) is 13.6 Å². The number of ether oxygens (including phenoxy) is 1. The molecule has 0 heterocycles. The summed E-state index contributed by atoms with van der Waals surface area (Å²) in [6, 6.07) is 3.88. The number of hydrogen-bond donors (Lipinski definition) is 1. The SMILES string of the molecule is O=C(OCC(F)(F)C(F)(F)C(F)(F)C(F)F)c1cc([N+](=O)[O-])cc2c1-c1ccc([N+](=O)[O-])cc1/C2=N/O. The van der Waals surface area contributed by atoms with Crippen LogP contribution in [0.4, 0.5) is 46.5 Å². The fourth-order valence-corrected chi connectivity index (χ4v) is 3.39. The normalized spacial score (nSPS) is 14.5. The number of halogens is 8. The lowest BCUT2D eigenvalue weighted by molar-refractivity contribution is -0.385. The van der Waals surface area contributed by atoms with Crippen molar-refractivity contribution in [2.75, 3.05) is 6.61 Å². The number of benzene rings is 2. The number of rotatable bonds is 8. The van der Waals surface area contributed by atoms with Gasteiger partial charge in [0.15, 0.2) is 6.61 Å². The molecule has 3 rings (SSSR count). The van der Waals surface area contributed by atoms with E-state index in [1.807, 2.05) is 0 Å². The molecule has 0 unspecified atom stereocenters. The predicted molar refractivity (Wildman–Crippen MR) is 104 cm³/mol. The molecule has 0 amide bonds. The van der Waals surface area contributed by atoms with Gasteiger partial charge in [-0.3, -0.25) is 20.2 Å². The van der Waals surface area contributed by atoms with Crippen LogP contribution in [-0.2, 0) is 4.74 Å². The van der Waals surface area contributed by atoms with E-state index < -0.39 is 80.4 Å². The zero-order valence-electron chi connectivity index (χ0n) is 17.4. The van der Waals surface area contributed by atoms with Crippen molar-refractivity contribution in [3.05, 3.63) is 67.3 Å². The predicted octanol–water partition coefficient (Wildman–Crippen LogP) is 5.04. The maximum Gasteiger partial charge on any atom is 0.381 e. The summed E-state index contributed by atoms with van der Waals surface area (Å²) in [6.07, 6.45) is -5.21. The molecule has 0 saturated carbocycles. The van der Waals surface area contributed by atoms with Gasteiger partial charge in [-0.2, -0.15) is 26.3 Å². The lowest BCUT2D eigenvalue weighted by Crippen LogP contribution is -2.59. The van der Waals surface area contributed by atoms with E-state index in [2.05, 4.69) is 9.89 Å². The van der Waals surface area contributed by atoms with Crippen LogP contribution >= 0.6 is 0 Å². The minimum atomic E-state index is -6.68. The fraction of sp³-hybridized carbons (Fsp3) is 0.263. The number of fused-ring (bicyclic) bond motifs is 3. The van der Waals surface area contributed by atoms with Crippen LogP contribution in [0.5, 0.6) is 0 Å². The van der Waals surface area contributed by atoms with Crippen molar-refractivity contribution >= 4 is 23.1 Å². The van der Waals surface area contributed by atoms with E-state index in [0.717, 1.165) is 24.3 Å². The molecule has 10 nitrogen and oxygen atoms in total. The summed E-state index contributed by atoms with van der Waals surface area (Å²) < 4.78 is 109. The zero-order chi connectivity index (χ0) is 28.1. The third-order valence-corrected chi connectivity index (χ3v) is 5.18. The summed E-state index contributed by atoms with van der Waals surface area (Å²) in [5.41, 5.74) is -4.32. The fourth-order valence-electron chi connectivity index (χ4n) is 3.39. The van der Waals surface area contributed by atoms with Crippen molar-refractivity contribution in [2.45, 2.75) is 24.2 Å². The first-order chi connectivity index (χ1) is 17.0. The number of alkyl halides is 8. The largest absolute Gasteiger partial charge is 0.455 e. The molecule has 2 aromatic rings. The molecule has 0 bridgehead atoms. The number of carbonyl (C=O) groups is 1. The van der Waals surface area contributed by atoms with Gasteiger partial charge in [0, 0.05) is 41.0 Å². The summed E-state index contributed by atoms with van der Waals surface area (Å²) in [5, 5.41) is 34.6. The highest BCUT2D eigenvalue weighted by molar-refractivity contribution is 6.27. The lowest BCUT2D eigenvalue weighted by atomic mass is 9.98. The van der Waals surface area contributed by atoms with E-state index >= 15 is 0 Å². The smallest absolute Gasteiger partial charge is 0.381 e. The highest BCUT2D eigenvalue weighted by Gasteiger charge is 2.75. The zero-order valence-corrected chi connectivity index (χ0v) is 17.4. The highest BCUT2D eigenvalue weighted by atomic mass is 19.4. The molecule has 0 fully saturated rings. The number of nitrogens with zero attached hydrogens (tertiary/aromatic N) is 3. The van der Waals surface area contributed by atoms with Gasteiger partial charge in [-0.15, -0.1) is 0 Å². The minimum absolute atomic E-state index is 0.170. The van der Waals surface area contributed by atoms with Gasteiger partial charge in [0.1, 0.15) is 5.71 Å². The van der Waals surface area contributed by atoms with Crippen LogP contribution in [0.15, 0.2) is 35.5 Å². The number of nitro benzene ring substituents is 2. The Morgan fingerprint density at radius 3 is 2.03 bits per heavy atom. The second-order valence-corrected chi connectivity index (χ2v) is 7.39. The van der Waals surface area contributed by atoms with Crippen LogP contribution in [0.3, 0.4) is 0 Å². The molecular formula is C19H9F8N3O7. The van der Waals surface area contributed by atoms with Gasteiger partial charge < -0.3 is 9.94 Å². The van der Waals surface area contributed by atoms with Crippen LogP contribution in [0.25, 0.3) is 11.1 Å². The molecule has 0 spiro atoms. The first-order valence-corrected chi connectivity index (χ1v) is 9.40. The Hall–Kier alpha value is -4.38. The number of carbonyl (C=O) groups excluding carboxylic acids is 1. The first-order valence-electron chi connectivity index (χ1n) is 9.40. The van der Waals surface area contributed by atoms with Gasteiger partial charge in [-0.1, -0.05) is 5.16 Å². The molecule has 0 aliphatic heterocycles. The van der Waals surface area contributed by atoms with E-state index in [1.165, 1.54) is 0 Å². The number of nitro groups is 2. The van der Waals surface area contributed by atoms with Gasteiger partial charge in [0.2, 0.25) is 0 Å². The standard InChI is InChI=1S/C19H9F8N3O7/c20-16(21)18(24,25)19(26,27)17(22,23)6-37-15(31)12-5-8(30(35)36)4-11-13(12)9-2-1-7(29(33)34)3-10(9)14(11)28-32/h1-5,16,32H,6H2/b28-14-. The van der Waals surface area contributed by atoms with Crippen LogP contribution in [0.1, 0.15) is 21.5 Å². The van der Waals surface area contributed by atoms with Crippen LogP contribution in [0.2, 0.25) is 0 Å². The summed E-state index contributed by atoms with van der Waals surface area (Å²) >= 11 is 0. The number of non-ortho nitro benzene ring substituents is 2. The van der Waals surface area contributed by atoms with Crippen molar-refractivity contribution in [1.82, 2.24) is 0 Å². The molecule has 0 aromatic heterocycles. The Labute approximate surface area is 198 Å². The second kappa shape index (κ2) is 8.93. The molecule has 0 atom stereocenters. The summed E-state index contributed by atoms with van der Waals surface area (Å²) in [4.78, 5) is 32.9. The topological polar surface area (TPSA) is 145 Å². The molecular weight excluding hydrogens is 534 g/mol. The average molecular weight is 543 g/mol. The second-order valence-electron chi connectivity index (χ2n) is 7.39. The van der Waals surface area contributed by atoms with E-state index in [-0.39, 0.29) is 11.1 Å². The maximum absolute atomic E-state index is 13.8. The van der Waals surface area contributed by atoms with Gasteiger partial charge in [0.05, 0.1) is 15.4 Å². The minimum Gasteiger partial charge on any atom is -0.455 e. The van der Waals surface area contributed by atoms with Crippen molar-refractivity contribution in [1.29, 1.82) is 0 Å². The Bertz CT molecular complexity index is 1350. The molecule has 1 aliphatic rings. The first kappa shape index (κ1) is 27.2. The van der Waals surface area contributed by atoms with Crippen molar-refractivity contribution in [3.8, 4) is 11.1 Å². The van der Waals surface area contributed by atoms with E-state index in [1.54, 1.807) is 0 Å². The average Bonchev–Trinajstić information content (AvgIpc) is 3.14. The van der Waals surface area contributed by atoms with Crippen molar-refractivity contribution < 1.29 is 59.7 Å². The molecule has 2 aromatic carbocycles. The molecule has 37 heavy (non-hydrogen) atoms. The van der Waals surface area contributed by atoms with E-state index in [0.29, 0.717) is 6.07 Å². The van der Waals surface area contributed by atoms with Crippen molar-refractivity contribution in [2.24, 2.45) is 5.16 Å². The monoisotopic (exact) mass is 543 g/mol. The van der Waals surface area contributed by atoms with Gasteiger partial charge in [0.25, 0.3) is 11.4 Å². The number of oxime groups is 1. The molecule has 198 valence electrons. The van der Waals surface area contributed by atoms with Crippen LogP contribution < -0.4 is 0 Å². The maximum atomic E-state index is 13.8. The van der Waals surface area contributed by atoms with E-state index in [4.69, 9.17) is 0 Å². The highest BCUT2D eigenvalue weighted by Crippen LogP contribution is 2.49. The van der Waals surface area contributed by atoms with Crippen molar-refractivity contribution in [3.63, 3.8) is 0 Å². The third-order valence-electron chi connectivity index (χ3n) is 5.18. The molecule has 1 N–H and O–H groups in total. The molecule has 0 radical (unpaired) electrons. The van der Waals surface area contributed by atoms with Gasteiger partial charge >= 0.3 is 30.2 Å². The van der Waals surface area contributed by atoms with Gasteiger partial charge in [-0.05, 0) is 11.6 Å².